The van der Waals surface area contributed by atoms with Crippen LogP contribution in [0.2, 0.25) is 0 Å². The molecule has 0 bridgehead atoms. The number of carbonyl (C=O) groups excluding carboxylic acids is 1. The van der Waals surface area contributed by atoms with Gasteiger partial charge in [0.25, 0.3) is 5.91 Å². The van der Waals surface area contributed by atoms with Gasteiger partial charge in [0.15, 0.2) is 5.69 Å². The van der Waals surface area contributed by atoms with E-state index in [1.54, 1.807) is 0 Å². The first-order chi connectivity index (χ1) is 15.7. The van der Waals surface area contributed by atoms with Crippen molar-refractivity contribution < 1.29 is 34.8 Å². The predicted octanol–water partition coefficient (Wildman–Crippen LogP) is 1.65. The molecule has 1 heterocycles. The van der Waals surface area contributed by atoms with Crippen LogP contribution in [0.5, 0.6) is 0 Å². The summed E-state index contributed by atoms with van der Waals surface area (Å²) in [5, 5.41) is 9.35. The molecule has 1 aliphatic carbocycles. The number of nitrogens with two attached hydrogens (primary N) is 2. The summed E-state index contributed by atoms with van der Waals surface area (Å²) in [4.78, 5) is 11.8. The summed E-state index contributed by atoms with van der Waals surface area (Å²) in [5.74, 6) is -0.839. The van der Waals surface area contributed by atoms with Gasteiger partial charge in [-0.2, -0.15) is 26.7 Å². The van der Waals surface area contributed by atoms with Gasteiger partial charge in [-0.15, -0.1) is 0 Å². The summed E-state index contributed by atoms with van der Waals surface area (Å²) < 4.78 is 87.5. The van der Waals surface area contributed by atoms with E-state index in [4.69, 9.17) is 10.9 Å². The third kappa shape index (κ3) is 4.12. The second-order valence-corrected chi connectivity index (χ2v) is 10.6. The predicted molar refractivity (Wildman–Crippen MR) is 115 cm³/mol. The van der Waals surface area contributed by atoms with Crippen LogP contribution in [0, 0.1) is 0 Å². The molecule has 0 saturated heterocycles. The van der Waals surface area contributed by atoms with Gasteiger partial charge in [-0.25, -0.2) is 18.2 Å². The summed E-state index contributed by atoms with van der Waals surface area (Å²) >= 11 is 0. The minimum absolute atomic E-state index is 0.0718. The van der Waals surface area contributed by atoms with Crippen LogP contribution in [0.4, 0.5) is 18.9 Å². The van der Waals surface area contributed by atoms with E-state index in [0.29, 0.717) is 40.9 Å². The summed E-state index contributed by atoms with van der Waals surface area (Å²) in [6, 6.07) is 9.07. The standard InChI is InChI=1S/C19H16F3N5O5S2/c20-19(21,22)34(31,32)26-11-3-1-10-2-8-14-16(18(23)28)25-27(17(14)15(10)9-11)12-4-6-13(7-5-12)33(24,29)30/h1,3-7,9,26H,2,8H2,(H2,23,28)(H2,24,29,30). The summed E-state index contributed by atoms with van der Waals surface area (Å²) in [6.07, 6.45) is 0.731. The monoisotopic (exact) mass is 515 g/mol. The third-order valence-electron chi connectivity index (χ3n) is 5.19. The Bertz CT molecular complexity index is 1530. The largest absolute Gasteiger partial charge is 0.516 e. The second kappa shape index (κ2) is 7.82. The number of primary sulfonamides is 1. The second-order valence-electron chi connectivity index (χ2n) is 7.41. The molecule has 180 valence electrons. The van der Waals surface area contributed by atoms with E-state index >= 15 is 0 Å². The highest BCUT2D eigenvalue weighted by molar-refractivity contribution is 7.93. The highest BCUT2D eigenvalue weighted by atomic mass is 32.2. The van der Waals surface area contributed by atoms with Crippen molar-refractivity contribution >= 4 is 31.6 Å². The van der Waals surface area contributed by atoms with Crippen molar-refractivity contribution in [1.29, 1.82) is 0 Å². The molecule has 0 atom stereocenters. The maximum absolute atomic E-state index is 12.8. The molecule has 3 aromatic rings. The molecular weight excluding hydrogens is 499 g/mol. The molecule has 0 aliphatic heterocycles. The number of amides is 1. The number of primary amides is 1. The van der Waals surface area contributed by atoms with E-state index in [2.05, 4.69) is 5.10 Å². The molecule has 0 saturated carbocycles. The van der Waals surface area contributed by atoms with Gasteiger partial charge < -0.3 is 5.73 Å². The topological polar surface area (TPSA) is 167 Å². The minimum atomic E-state index is -5.66. The van der Waals surface area contributed by atoms with Crippen molar-refractivity contribution in [2.24, 2.45) is 10.9 Å². The molecule has 10 nitrogen and oxygen atoms in total. The van der Waals surface area contributed by atoms with Gasteiger partial charge in [-0.05, 0) is 54.8 Å². The Morgan fingerprint density at radius 2 is 1.68 bits per heavy atom. The van der Waals surface area contributed by atoms with Crippen LogP contribution in [-0.2, 0) is 32.9 Å². The number of alkyl halides is 3. The van der Waals surface area contributed by atoms with Crippen LogP contribution < -0.4 is 15.6 Å². The van der Waals surface area contributed by atoms with Crippen molar-refractivity contribution in [3.63, 3.8) is 0 Å². The Hall–Kier alpha value is -3.43. The van der Waals surface area contributed by atoms with Crippen LogP contribution in [0.15, 0.2) is 47.4 Å². The average Bonchev–Trinajstić information content (AvgIpc) is 3.12. The molecule has 1 amide bonds. The number of sulfonamides is 2. The molecule has 2 aromatic carbocycles. The van der Waals surface area contributed by atoms with Crippen molar-refractivity contribution in [3.05, 3.63) is 59.3 Å². The summed E-state index contributed by atoms with van der Waals surface area (Å²) in [7, 11) is -9.63. The summed E-state index contributed by atoms with van der Waals surface area (Å²) in [6.45, 7) is 0. The van der Waals surface area contributed by atoms with Gasteiger partial charge >= 0.3 is 15.5 Å². The highest BCUT2D eigenvalue weighted by Crippen LogP contribution is 2.39. The lowest BCUT2D eigenvalue weighted by molar-refractivity contribution is -0.0429. The molecule has 1 aliphatic rings. The number of benzene rings is 2. The number of hydrogen-bond acceptors (Lipinski definition) is 6. The zero-order chi connectivity index (χ0) is 25.1. The fraction of sp³-hybridized carbons (Fsp3) is 0.158. The maximum atomic E-state index is 12.8. The molecule has 5 N–H and O–H groups in total. The van der Waals surface area contributed by atoms with Crippen LogP contribution in [0.3, 0.4) is 0 Å². The Labute approximate surface area is 191 Å². The quantitative estimate of drug-likeness (QED) is 0.467. The van der Waals surface area contributed by atoms with Crippen LogP contribution >= 0.6 is 0 Å². The SMILES string of the molecule is NC(=O)c1nn(-c2ccc(S(N)(=O)=O)cc2)c2c1CCc1ccc(NS(=O)(=O)C(F)(F)F)cc1-2. The first kappa shape index (κ1) is 23.7. The Morgan fingerprint density at radius 1 is 1.03 bits per heavy atom. The lowest BCUT2D eigenvalue weighted by atomic mass is 9.88. The molecule has 4 rings (SSSR count). The number of hydrogen-bond donors (Lipinski definition) is 3. The number of fused-ring (bicyclic) bond motifs is 3. The number of aryl methyl sites for hydroxylation is 1. The average molecular weight is 515 g/mol. The Kier molecular flexibility index (Phi) is 5.45. The van der Waals surface area contributed by atoms with Crippen LogP contribution in [0.25, 0.3) is 16.9 Å². The number of rotatable bonds is 5. The lowest BCUT2D eigenvalue weighted by Gasteiger charge is -2.20. The minimum Gasteiger partial charge on any atom is -0.364 e. The first-order valence-corrected chi connectivity index (χ1v) is 12.5. The summed E-state index contributed by atoms with van der Waals surface area (Å²) in [5.41, 5.74) is 1.58. The molecular formula is C19H16F3N5O5S2. The molecule has 34 heavy (non-hydrogen) atoms. The van der Waals surface area contributed by atoms with Crippen LogP contribution in [0.1, 0.15) is 21.6 Å². The number of anilines is 1. The van der Waals surface area contributed by atoms with E-state index in [0.717, 1.165) is 0 Å². The molecule has 0 spiro atoms. The molecule has 15 heteroatoms. The van der Waals surface area contributed by atoms with E-state index in [1.165, 1.54) is 51.9 Å². The van der Waals surface area contributed by atoms with Gasteiger partial charge in [0.2, 0.25) is 10.0 Å². The van der Waals surface area contributed by atoms with Gasteiger partial charge in [0, 0.05) is 16.8 Å². The van der Waals surface area contributed by atoms with E-state index < -0.39 is 31.5 Å². The fourth-order valence-corrected chi connectivity index (χ4v) is 4.75. The van der Waals surface area contributed by atoms with E-state index in [9.17, 15) is 34.8 Å². The molecule has 1 aromatic heterocycles. The number of nitrogens with zero attached hydrogens (tertiary/aromatic N) is 2. The zero-order valence-corrected chi connectivity index (χ0v) is 18.6. The van der Waals surface area contributed by atoms with Crippen LogP contribution in [-0.4, -0.2) is 38.0 Å². The van der Waals surface area contributed by atoms with Gasteiger partial charge in [0.1, 0.15) is 0 Å². The normalized spacial score (nSPS) is 13.8. The number of halogens is 3. The van der Waals surface area contributed by atoms with Crippen molar-refractivity contribution in [1.82, 2.24) is 9.78 Å². The smallest absolute Gasteiger partial charge is 0.364 e. The van der Waals surface area contributed by atoms with Gasteiger partial charge in [-0.1, -0.05) is 6.07 Å². The first-order valence-electron chi connectivity index (χ1n) is 9.46. The Morgan fingerprint density at radius 3 is 2.24 bits per heavy atom. The number of carbonyl (C=O) groups is 1. The Balaban J connectivity index is 1.89. The van der Waals surface area contributed by atoms with Crippen molar-refractivity contribution in [2.45, 2.75) is 23.2 Å². The fourth-order valence-electron chi connectivity index (χ4n) is 3.68. The number of aromatic nitrogens is 2. The van der Waals surface area contributed by atoms with E-state index in [-0.39, 0.29) is 16.3 Å². The van der Waals surface area contributed by atoms with Crippen molar-refractivity contribution in [2.75, 3.05) is 4.72 Å². The third-order valence-corrected chi connectivity index (χ3v) is 7.24. The molecule has 0 radical (unpaired) electrons. The number of nitrogens with one attached hydrogen (secondary N) is 1. The van der Waals surface area contributed by atoms with Gasteiger partial charge in [-0.3, -0.25) is 9.52 Å². The zero-order valence-electron chi connectivity index (χ0n) is 17.0. The molecule has 0 fully saturated rings. The highest BCUT2D eigenvalue weighted by Gasteiger charge is 2.46. The van der Waals surface area contributed by atoms with Gasteiger partial charge in [0.05, 0.1) is 16.3 Å². The van der Waals surface area contributed by atoms with E-state index in [1.807, 2.05) is 0 Å². The maximum Gasteiger partial charge on any atom is 0.516 e. The lowest BCUT2D eigenvalue weighted by Crippen LogP contribution is -2.30. The van der Waals surface area contributed by atoms with Crippen molar-refractivity contribution in [3.8, 4) is 16.9 Å². The molecule has 0 unspecified atom stereocenters.